The zero-order valence-corrected chi connectivity index (χ0v) is 10.9. The van der Waals surface area contributed by atoms with Gasteiger partial charge in [0.15, 0.2) is 0 Å². The van der Waals surface area contributed by atoms with Crippen LogP contribution in [0.3, 0.4) is 0 Å². The van der Waals surface area contributed by atoms with Gasteiger partial charge in [0, 0.05) is 17.8 Å². The predicted octanol–water partition coefficient (Wildman–Crippen LogP) is 2.02. The highest BCUT2D eigenvalue weighted by Gasteiger charge is 2.34. The van der Waals surface area contributed by atoms with Gasteiger partial charge in [-0.15, -0.1) is 0 Å². The Labute approximate surface area is 108 Å². The number of nitrogens with one attached hydrogen (secondary N) is 2. The van der Waals surface area contributed by atoms with E-state index in [-0.39, 0.29) is 5.91 Å². The molecule has 4 nitrogen and oxygen atoms in total. The van der Waals surface area contributed by atoms with Crippen molar-refractivity contribution in [2.75, 3.05) is 19.0 Å². The first kappa shape index (κ1) is 12.9. The zero-order valence-electron chi connectivity index (χ0n) is 10.9. The van der Waals surface area contributed by atoms with Gasteiger partial charge in [0.25, 0.3) is 0 Å². The minimum absolute atomic E-state index is 0.00925. The van der Waals surface area contributed by atoms with E-state index in [1.165, 1.54) is 12.8 Å². The van der Waals surface area contributed by atoms with Gasteiger partial charge in [0.2, 0.25) is 5.91 Å². The Kier molecular flexibility index (Phi) is 4.20. The van der Waals surface area contributed by atoms with Crippen LogP contribution in [0.1, 0.15) is 19.8 Å². The van der Waals surface area contributed by atoms with Crippen molar-refractivity contribution in [1.82, 2.24) is 5.32 Å². The maximum atomic E-state index is 11.7. The summed E-state index contributed by atoms with van der Waals surface area (Å²) in [5.41, 5.74) is 0.768. The first-order chi connectivity index (χ1) is 8.72. The van der Waals surface area contributed by atoms with Crippen LogP contribution in [0.4, 0.5) is 5.69 Å². The summed E-state index contributed by atoms with van der Waals surface area (Å²) >= 11 is 0. The van der Waals surface area contributed by atoms with E-state index in [9.17, 15) is 4.79 Å². The van der Waals surface area contributed by atoms with Crippen molar-refractivity contribution >= 4 is 11.6 Å². The molecule has 1 fully saturated rings. The summed E-state index contributed by atoms with van der Waals surface area (Å²) in [6.07, 6.45) is 2.39. The molecule has 2 rings (SSSR count). The highest BCUT2D eigenvalue weighted by atomic mass is 16.5. The van der Waals surface area contributed by atoms with Gasteiger partial charge < -0.3 is 15.4 Å². The average molecular weight is 248 g/mol. The van der Waals surface area contributed by atoms with E-state index in [2.05, 4.69) is 17.6 Å². The van der Waals surface area contributed by atoms with E-state index < -0.39 is 0 Å². The Morgan fingerprint density at radius 1 is 1.50 bits per heavy atom. The first-order valence-electron chi connectivity index (χ1n) is 6.40. The fourth-order valence-electron chi connectivity index (χ4n) is 2.08. The quantitative estimate of drug-likeness (QED) is 0.809. The molecule has 1 aromatic carbocycles. The number of amides is 1. The van der Waals surface area contributed by atoms with Crippen molar-refractivity contribution in [2.45, 2.75) is 25.8 Å². The molecule has 1 aromatic rings. The number of ether oxygens (including phenoxy) is 1. The van der Waals surface area contributed by atoms with Crippen LogP contribution in [-0.4, -0.2) is 25.6 Å². The zero-order chi connectivity index (χ0) is 13.0. The van der Waals surface area contributed by atoms with E-state index in [1.807, 2.05) is 24.3 Å². The van der Waals surface area contributed by atoms with Crippen LogP contribution >= 0.6 is 0 Å². The van der Waals surface area contributed by atoms with Gasteiger partial charge in [-0.05, 0) is 24.5 Å². The van der Waals surface area contributed by atoms with E-state index >= 15 is 0 Å². The summed E-state index contributed by atoms with van der Waals surface area (Å²) in [5, 5.41) is 6.11. The lowest BCUT2D eigenvalue weighted by atomic mass is 10.3. The Morgan fingerprint density at radius 3 is 3.00 bits per heavy atom. The monoisotopic (exact) mass is 248 g/mol. The second-order valence-corrected chi connectivity index (χ2v) is 4.67. The Morgan fingerprint density at radius 2 is 2.33 bits per heavy atom. The molecule has 0 aliphatic heterocycles. The van der Waals surface area contributed by atoms with Crippen LogP contribution in [0.2, 0.25) is 0 Å². The molecular weight excluding hydrogens is 228 g/mol. The highest BCUT2D eigenvalue weighted by Crippen LogP contribution is 2.32. The minimum atomic E-state index is -0.00925. The third-order valence-corrected chi connectivity index (χ3v) is 3.33. The van der Waals surface area contributed by atoms with E-state index in [0.717, 1.165) is 17.4 Å². The number of carbonyl (C=O) groups is 1. The molecule has 0 heterocycles. The molecule has 2 N–H and O–H groups in total. The van der Waals surface area contributed by atoms with Gasteiger partial charge in [0.05, 0.1) is 13.7 Å². The minimum Gasteiger partial charge on any atom is -0.497 e. The van der Waals surface area contributed by atoms with Crippen LogP contribution in [0.25, 0.3) is 0 Å². The number of carbonyl (C=O) groups excluding carboxylic acids is 1. The van der Waals surface area contributed by atoms with E-state index in [1.54, 1.807) is 7.11 Å². The SMILES string of the molecule is CCC1CC1NCC(=O)Nc1cccc(OC)c1. The van der Waals surface area contributed by atoms with Crippen LogP contribution in [0.5, 0.6) is 5.75 Å². The second-order valence-electron chi connectivity index (χ2n) is 4.67. The summed E-state index contributed by atoms with van der Waals surface area (Å²) < 4.78 is 5.11. The molecule has 4 heteroatoms. The van der Waals surface area contributed by atoms with Gasteiger partial charge in [-0.2, -0.15) is 0 Å². The predicted molar refractivity (Wildman–Crippen MR) is 71.8 cm³/mol. The number of methoxy groups -OCH3 is 1. The molecule has 0 spiro atoms. The first-order valence-corrected chi connectivity index (χ1v) is 6.40. The van der Waals surface area contributed by atoms with Crippen molar-refractivity contribution in [3.8, 4) is 5.75 Å². The van der Waals surface area contributed by atoms with Crippen LogP contribution in [0.15, 0.2) is 24.3 Å². The third-order valence-electron chi connectivity index (χ3n) is 3.33. The van der Waals surface area contributed by atoms with Crippen LogP contribution in [0, 0.1) is 5.92 Å². The fourth-order valence-corrected chi connectivity index (χ4v) is 2.08. The standard InChI is InChI=1S/C14H20N2O2/c1-3-10-7-13(10)15-9-14(17)16-11-5-4-6-12(8-11)18-2/h4-6,8,10,13,15H,3,7,9H2,1-2H3,(H,16,17). The lowest BCUT2D eigenvalue weighted by molar-refractivity contribution is -0.115. The van der Waals surface area contributed by atoms with Crippen molar-refractivity contribution in [1.29, 1.82) is 0 Å². The molecule has 1 aliphatic rings. The van der Waals surface area contributed by atoms with E-state index in [4.69, 9.17) is 4.74 Å². The Hall–Kier alpha value is -1.55. The summed E-state index contributed by atoms with van der Waals surface area (Å²) in [7, 11) is 1.61. The van der Waals surface area contributed by atoms with Gasteiger partial charge >= 0.3 is 0 Å². The number of anilines is 1. The summed E-state index contributed by atoms with van der Waals surface area (Å²) in [6, 6.07) is 7.90. The molecule has 0 bridgehead atoms. The Balaban J connectivity index is 1.76. The fraction of sp³-hybridized carbons (Fsp3) is 0.500. The molecular formula is C14H20N2O2. The second kappa shape index (κ2) is 5.87. The topological polar surface area (TPSA) is 50.4 Å². The van der Waals surface area contributed by atoms with Gasteiger partial charge in [-0.3, -0.25) is 4.79 Å². The molecule has 18 heavy (non-hydrogen) atoms. The maximum absolute atomic E-state index is 11.7. The van der Waals surface area contributed by atoms with E-state index in [0.29, 0.717) is 12.6 Å². The molecule has 0 saturated heterocycles. The van der Waals surface area contributed by atoms with Crippen molar-refractivity contribution in [3.05, 3.63) is 24.3 Å². The summed E-state index contributed by atoms with van der Waals surface area (Å²) in [5.74, 6) is 1.49. The normalized spacial score (nSPS) is 21.4. The number of hydrogen-bond donors (Lipinski definition) is 2. The molecule has 2 atom stereocenters. The van der Waals surface area contributed by atoms with Crippen molar-refractivity contribution in [2.24, 2.45) is 5.92 Å². The van der Waals surface area contributed by atoms with Crippen LogP contribution < -0.4 is 15.4 Å². The van der Waals surface area contributed by atoms with Gasteiger partial charge in [-0.25, -0.2) is 0 Å². The van der Waals surface area contributed by atoms with Crippen molar-refractivity contribution in [3.63, 3.8) is 0 Å². The molecule has 0 radical (unpaired) electrons. The molecule has 1 amide bonds. The third kappa shape index (κ3) is 3.47. The van der Waals surface area contributed by atoms with Crippen LogP contribution in [-0.2, 0) is 4.79 Å². The molecule has 98 valence electrons. The maximum Gasteiger partial charge on any atom is 0.238 e. The highest BCUT2D eigenvalue weighted by molar-refractivity contribution is 5.92. The smallest absolute Gasteiger partial charge is 0.238 e. The molecule has 2 unspecified atom stereocenters. The number of benzene rings is 1. The van der Waals surface area contributed by atoms with Gasteiger partial charge in [0.1, 0.15) is 5.75 Å². The van der Waals surface area contributed by atoms with Crippen molar-refractivity contribution < 1.29 is 9.53 Å². The largest absolute Gasteiger partial charge is 0.497 e. The van der Waals surface area contributed by atoms with Gasteiger partial charge in [-0.1, -0.05) is 19.4 Å². The molecule has 1 aliphatic carbocycles. The number of rotatable bonds is 6. The molecule has 0 aromatic heterocycles. The summed E-state index contributed by atoms with van der Waals surface area (Å²) in [6.45, 7) is 2.56. The number of hydrogen-bond acceptors (Lipinski definition) is 3. The lowest BCUT2D eigenvalue weighted by Gasteiger charge is -2.07. The lowest BCUT2D eigenvalue weighted by Crippen LogP contribution is -2.30. The Bertz CT molecular complexity index is 420. The molecule has 1 saturated carbocycles. The summed E-state index contributed by atoms with van der Waals surface area (Å²) in [4.78, 5) is 11.7. The average Bonchev–Trinajstić information content (AvgIpc) is 3.15.